The largest absolute Gasteiger partial charge is 0.466 e. The number of hydrogen-bond acceptors (Lipinski definition) is 6. The Hall–Kier alpha value is -2.34. The molecule has 0 spiro atoms. The Morgan fingerprint density at radius 1 is 1.08 bits per heavy atom. The molecule has 0 N–H and O–H groups in total. The molecular formula is C19H25NO5. The molecule has 0 aromatic heterocycles. The molecule has 1 aromatic rings. The lowest BCUT2D eigenvalue weighted by Crippen LogP contribution is -2.38. The zero-order valence-electron chi connectivity index (χ0n) is 15.0. The standard InChI is InChI=1S/C19H25NO5/c1-4-5-6-7-14-8-10-15(11-9-14)20-13-25-12-16(18(21)23-2)17(20)19(22)24-3/h8-11H,4-7,12-13H2,1-3H3. The van der Waals surface area contributed by atoms with E-state index in [1.165, 1.54) is 32.6 Å². The van der Waals surface area contributed by atoms with E-state index in [2.05, 4.69) is 6.92 Å². The van der Waals surface area contributed by atoms with Crippen LogP contribution in [0.5, 0.6) is 0 Å². The fraction of sp³-hybridized carbons (Fsp3) is 0.474. The predicted octanol–water partition coefficient (Wildman–Crippen LogP) is 2.81. The van der Waals surface area contributed by atoms with Gasteiger partial charge in [0.1, 0.15) is 12.4 Å². The number of hydrogen-bond donors (Lipinski definition) is 0. The van der Waals surface area contributed by atoms with Gasteiger partial charge >= 0.3 is 11.9 Å². The van der Waals surface area contributed by atoms with Crippen molar-refractivity contribution >= 4 is 17.6 Å². The second-order valence-corrected chi connectivity index (χ2v) is 5.84. The Morgan fingerprint density at radius 2 is 1.76 bits per heavy atom. The van der Waals surface area contributed by atoms with Crippen molar-refractivity contribution in [2.75, 3.05) is 32.5 Å². The minimum atomic E-state index is -0.596. The van der Waals surface area contributed by atoms with Gasteiger partial charge in [-0.3, -0.25) is 0 Å². The van der Waals surface area contributed by atoms with Crippen LogP contribution in [0.1, 0.15) is 31.7 Å². The summed E-state index contributed by atoms with van der Waals surface area (Å²) in [6.07, 6.45) is 4.58. The van der Waals surface area contributed by atoms with Crippen molar-refractivity contribution < 1.29 is 23.8 Å². The highest BCUT2D eigenvalue weighted by Gasteiger charge is 2.32. The fourth-order valence-electron chi connectivity index (χ4n) is 2.77. The molecule has 0 bridgehead atoms. The second-order valence-electron chi connectivity index (χ2n) is 5.84. The number of ether oxygens (including phenoxy) is 3. The molecule has 1 aromatic carbocycles. The van der Waals surface area contributed by atoms with Crippen molar-refractivity contribution in [1.82, 2.24) is 0 Å². The normalized spacial score (nSPS) is 14.4. The van der Waals surface area contributed by atoms with Crippen LogP contribution < -0.4 is 4.90 Å². The van der Waals surface area contributed by atoms with Crippen LogP contribution >= 0.6 is 0 Å². The van der Waals surface area contributed by atoms with Gasteiger partial charge in [-0.25, -0.2) is 9.59 Å². The number of unbranched alkanes of at least 4 members (excludes halogenated alkanes) is 2. The number of methoxy groups -OCH3 is 2. The first-order valence-electron chi connectivity index (χ1n) is 8.46. The summed E-state index contributed by atoms with van der Waals surface area (Å²) in [7, 11) is 2.56. The topological polar surface area (TPSA) is 65.1 Å². The third-order valence-electron chi connectivity index (χ3n) is 4.15. The zero-order valence-corrected chi connectivity index (χ0v) is 15.0. The molecule has 6 heteroatoms. The number of benzene rings is 1. The predicted molar refractivity (Wildman–Crippen MR) is 94.0 cm³/mol. The number of anilines is 1. The highest BCUT2D eigenvalue weighted by atomic mass is 16.5. The smallest absolute Gasteiger partial charge is 0.355 e. The highest BCUT2D eigenvalue weighted by Crippen LogP contribution is 2.27. The lowest BCUT2D eigenvalue weighted by molar-refractivity contribution is -0.140. The van der Waals surface area contributed by atoms with Gasteiger partial charge in [-0.2, -0.15) is 0 Å². The van der Waals surface area contributed by atoms with Gasteiger partial charge in [-0.05, 0) is 30.5 Å². The lowest BCUT2D eigenvalue weighted by atomic mass is 10.1. The van der Waals surface area contributed by atoms with Gasteiger partial charge in [0, 0.05) is 5.69 Å². The quantitative estimate of drug-likeness (QED) is 0.558. The van der Waals surface area contributed by atoms with Crippen LogP contribution in [0.15, 0.2) is 35.5 Å². The molecule has 0 radical (unpaired) electrons. The van der Waals surface area contributed by atoms with E-state index in [0.717, 1.165) is 18.5 Å². The Labute approximate surface area is 148 Å². The zero-order chi connectivity index (χ0) is 18.2. The van der Waals surface area contributed by atoms with Crippen molar-refractivity contribution in [3.8, 4) is 0 Å². The summed E-state index contributed by atoms with van der Waals surface area (Å²) in [5, 5.41) is 0. The number of rotatable bonds is 7. The van der Waals surface area contributed by atoms with E-state index in [9.17, 15) is 9.59 Å². The molecule has 0 aliphatic carbocycles. The van der Waals surface area contributed by atoms with Gasteiger partial charge in [0.15, 0.2) is 0 Å². The van der Waals surface area contributed by atoms with Crippen LogP contribution in [-0.4, -0.2) is 39.5 Å². The molecule has 0 atom stereocenters. The van der Waals surface area contributed by atoms with E-state index in [1.807, 2.05) is 24.3 Å². The average Bonchev–Trinajstić information content (AvgIpc) is 2.67. The Balaban J connectivity index is 2.29. The highest BCUT2D eigenvalue weighted by molar-refractivity contribution is 6.03. The first-order chi connectivity index (χ1) is 12.1. The van der Waals surface area contributed by atoms with Crippen LogP contribution in [0.3, 0.4) is 0 Å². The van der Waals surface area contributed by atoms with Crippen LogP contribution in [0.2, 0.25) is 0 Å². The van der Waals surface area contributed by atoms with Crippen LogP contribution in [0.4, 0.5) is 5.69 Å². The van der Waals surface area contributed by atoms with Gasteiger partial charge in [-0.1, -0.05) is 31.9 Å². The van der Waals surface area contributed by atoms with Crippen molar-refractivity contribution in [2.45, 2.75) is 32.6 Å². The van der Waals surface area contributed by atoms with E-state index in [4.69, 9.17) is 14.2 Å². The summed E-state index contributed by atoms with van der Waals surface area (Å²) in [6.45, 7) is 2.36. The summed E-state index contributed by atoms with van der Waals surface area (Å²) >= 11 is 0. The van der Waals surface area contributed by atoms with Crippen molar-refractivity contribution in [1.29, 1.82) is 0 Å². The SMILES string of the molecule is CCCCCc1ccc(N2COCC(C(=O)OC)=C2C(=O)OC)cc1. The van der Waals surface area contributed by atoms with Crippen molar-refractivity contribution in [3.05, 3.63) is 41.1 Å². The van der Waals surface area contributed by atoms with E-state index >= 15 is 0 Å². The third-order valence-corrected chi connectivity index (χ3v) is 4.15. The first kappa shape index (κ1) is 19.0. The molecule has 0 amide bonds. The van der Waals surface area contributed by atoms with Gasteiger partial charge in [-0.15, -0.1) is 0 Å². The number of carbonyl (C=O) groups excluding carboxylic acids is 2. The molecule has 0 fully saturated rings. The van der Waals surface area contributed by atoms with Crippen molar-refractivity contribution in [3.63, 3.8) is 0 Å². The van der Waals surface area contributed by atoms with Crippen LogP contribution in [0, 0.1) is 0 Å². The third kappa shape index (κ3) is 4.60. The van der Waals surface area contributed by atoms with Gasteiger partial charge in [0.2, 0.25) is 0 Å². The molecule has 0 saturated heterocycles. The maximum atomic E-state index is 12.2. The number of carbonyl (C=O) groups is 2. The second kappa shape index (κ2) is 9.22. The summed E-state index contributed by atoms with van der Waals surface area (Å²) in [6, 6.07) is 7.92. The molecular weight excluding hydrogens is 322 g/mol. The van der Waals surface area contributed by atoms with E-state index < -0.39 is 11.9 Å². The molecule has 1 heterocycles. The molecule has 2 rings (SSSR count). The molecule has 0 unspecified atom stereocenters. The maximum Gasteiger partial charge on any atom is 0.355 e. The molecule has 136 valence electrons. The summed E-state index contributed by atoms with van der Waals surface area (Å²) in [4.78, 5) is 25.9. The summed E-state index contributed by atoms with van der Waals surface area (Å²) < 4.78 is 15.1. The van der Waals surface area contributed by atoms with E-state index in [0.29, 0.717) is 0 Å². The first-order valence-corrected chi connectivity index (χ1v) is 8.46. The van der Waals surface area contributed by atoms with Gasteiger partial charge in [0.25, 0.3) is 0 Å². The number of esters is 2. The van der Waals surface area contributed by atoms with Crippen molar-refractivity contribution in [2.24, 2.45) is 0 Å². The summed E-state index contributed by atoms with van der Waals surface area (Å²) in [5.74, 6) is -1.18. The molecule has 0 saturated carbocycles. The molecule has 6 nitrogen and oxygen atoms in total. The number of aryl methyl sites for hydroxylation is 1. The van der Waals surface area contributed by atoms with Crippen LogP contribution in [-0.2, 0) is 30.2 Å². The fourth-order valence-corrected chi connectivity index (χ4v) is 2.77. The van der Waals surface area contributed by atoms with Gasteiger partial charge < -0.3 is 19.1 Å². The maximum absolute atomic E-state index is 12.2. The Bertz CT molecular complexity index is 636. The molecule has 1 aliphatic rings. The number of nitrogens with zero attached hydrogens (tertiary/aromatic N) is 1. The van der Waals surface area contributed by atoms with E-state index in [-0.39, 0.29) is 24.6 Å². The van der Waals surface area contributed by atoms with Gasteiger partial charge in [0.05, 0.1) is 26.4 Å². The molecule has 1 aliphatic heterocycles. The minimum absolute atomic E-state index is 0.0166. The van der Waals surface area contributed by atoms with E-state index in [1.54, 1.807) is 4.90 Å². The molecule has 25 heavy (non-hydrogen) atoms. The Kier molecular flexibility index (Phi) is 7.01. The lowest BCUT2D eigenvalue weighted by Gasteiger charge is -2.31. The minimum Gasteiger partial charge on any atom is -0.466 e. The average molecular weight is 347 g/mol. The Morgan fingerprint density at radius 3 is 2.36 bits per heavy atom. The summed E-state index contributed by atoms with van der Waals surface area (Å²) in [5.41, 5.74) is 2.33. The van der Waals surface area contributed by atoms with Crippen LogP contribution in [0.25, 0.3) is 0 Å². The monoisotopic (exact) mass is 347 g/mol.